The van der Waals surface area contributed by atoms with Gasteiger partial charge >= 0.3 is 12.1 Å². The second kappa shape index (κ2) is 8.56. The molecule has 2 aromatic carbocycles. The van der Waals surface area contributed by atoms with Gasteiger partial charge in [-0.25, -0.2) is 17.9 Å². The second-order valence-electron chi connectivity index (χ2n) is 6.69. The second-order valence-corrected chi connectivity index (χ2v) is 9.29. The van der Waals surface area contributed by atoms with Crippen molar-refractivity contribution < 1.29 is 36.2 Å². The lowest BCUT2D eigenvalue weighted by Gasteiger charge is -2.17. The van der Waals surface area contributed by atoms with Crippen LogP contribution in [0.5, 0.6) is 5.75 Å². The highest BCUT2D eigenvalue weighted by atomic mass is 79.9. The zero-order valence-corrected chi connectivity index (χ0v) is 18.0. The van der Waals surface area contributed by atoms with Gasteiger partial charge in [0.25, 0.3) is 0 Å². The van der Waals surface area contributed by atoms with Crippen molar-refractivity contribution in [2.24, 2.45) is 0 Å². The molecule has 3 rings (SSSR count). The molecule has 11 heteroatoms. The van der Waals surface area contributed by atoms with Crippen molar-refractivity contribution in [2.75, 3.05) is 0 Å². The minimum atomic E-state index is -4.82. The number of rotatable bonds is 6. The molecule has 0 radical (unpaired) electrons. The molecule has 1 aliphatic carbocycles. The molecular formula is C19H17BrF3NO5S. The van der Waals surface area contributed by atoms with E-state index in [4.69, 9.17) is 4.89 Å². The molecule has 0 bridgehead atoms. The maximum atomic E-state index is 13.3. The van der Waals surface area contributed by atoms with Crippen LogP contribution >= 0.6 is 15.9 Å². The summed E-state index contributed by atoms with van der Waals surface area (Å²) in [7, 11) is -4.42. The van der Waals surface area contributed by atoms with Crippen molar-refractivity contribution in [1.29, 1.82) is 0 Å². The summed E-state index contributed by atoms with van der Waals surface area (Å²) in [5.74, 6) is -0.276. The number of carbonyl (C=O) groups excluding carboxylic acids is 1. The fourth-order valence-corrected chi connectivity index (χ4v) is 4.93. The maximum absolute atomic E-state index is 13.3. The molecule has 0 aromatic heterocycles. The van der Waals surface area contributed by atoms with Gasteiger partial charge in [0.15, 0.2) is 5.75 Å². The average Bonchev–Trinajstić information content (AvgIpc) is 3.05. The Morgan fingerprint density at radius 3 is 2.53 bits per heavy atom. The quantitative estimate of drug-likeness (QED) is 0.468. The van der Waals surface area contributed by atoms with Gasteiger partial charge in [-0.3, -0.25) is 9.78 Å². The molecule has 0 aliphatic heterocycles. The van der Waals surface area contributed by atoms with Gasteiger partial charge in [0, 0.05) is 16.9 Å². The number of sulfonamides is 1. The van der Waals surface area contributed by atoms with Crippen molar-refractivity contribution >= 4 is 31.9 Å². The van der Waals surface area contributed by atoms with Gasteiger partial charge in [-0.1, -0.05) is 28.9 Å². The molecule has 1 atom stereocenters. The van der Waals surface area contributed by atoms with E-state index >= 15 is 0 Å². The summed E-state index contributed by atoms with van der Waals surface area (Å²) >= 11 is 2.94. The van der Waals surface area contributed by atoms with Gasteiger partial charge in [0.05, 0.1) is 10.5 Å². The lowest BCUT2D eigenvalue weighted by Crippen LogP contribution is -2.36. The van der Waals surface area contributed by atoms with E-state index in [1.165, 1.54) is 6.07 Å². The first kappa shape index (κ1) is 22.6. The molecule has 1 N–H and O–H groups in total. The Morgan fingerprint density at radius 1 is 1.17 bits per heavy atom. The highest BCUT2D eigenvalue weighted by molar-refractivity contribution is 9.10. The van der Waals surface area contributed by atoms with Crippen molar-refractivity contribution in [3.63, 3.8) is 0 Å². The van der Waals surface area contributed by atoms with E-state index in [-0.39, 0.29) is 23.1 Å². The minimum absolute atomic E-state index is 0.123. The highest BCUT2D eigenvalue weighted by Gasteiger charge is 2.38. The Morgan fingerprint density at radius 2 is 1.87 bits per heavy atom. The van der Waals surface area contributed by atoms with Crippen LogP contribution in [-0.2, 0) is 38.7 Å². The Bertz CT molecular complexity index is 1070. The molecule has 30 heavy (non-hydrogen) atoms. The van der Waals surface area contributed by atoms with Crippen molar-refractivity contribution in [3.8, 4) is 5.75 Å². The molecule has 162 valence electrons. The molecule has 0 saturated carbocycles. The van der Waals surface area contributed by atoms with Crippen LogP contribution < -0.4 is 9.61 Å². The summed E-state index contributed by atoms with van der Waals surface area (Å²) in [6.07, 6.45) is -4.12. The van der Waals surface area contributed by atoms with Crippen LogP contribution in [0.1, 0.15) is 30.0 Å². The zero-order valence-electron chi connectivity index (χ0n) is 15.6. The van der Waals surface area contributed by atoms with Crippen molar-refractivity contribution in [3.05, 3.63) is 57.6 Å². The van der Waals surface area contributed by atoms with Crippen LogP contribution in [0.15, 0.2) is 45.8 Å². The van der Waals surface area contributed by atoms with Crippen LogP contribution in [0.25, 0.3) is 0 Å². The van der Waals surface area contributed by atoms with Crippen molar-refractivity contribution in [2.45, 2.75) is 43.3 Å². The molecule has 6 nitrogen and oxygen atoms in total. The number of hydrogen-bond donors (Lipinski definition) is 1. The Labute approximate surface area is 179 Å². The fraction of sp³-hybridized carbons (Fsp3) is 0.316. The van der Waals surface area contributed by atoms with E-state index in [0.29, 0.717) is 6.42 Å². The molecule has 0 saturated heterocycles. The number of benzene rings is 2. The summed E-state index contributed by atoms with van der Waals surface area (Å²) < 4.78 is 67.8. The van der Waals surface area contributed by atoms with E-state index in [1.807, 2.05) is 0 Å². The zero-order chi connectivity index (χ0) is 22.1. The van der Waals surface area contributed by atoms with E-state index in [9.17, 15) is 26.4 Å². The van der Waals surface area contributed by atoms with Crippen LogP contribution in [0.3, 0.4) is 0 Å². The molecule has 0 heterocycles. The molecule has 0 spiro atoms. The summed E-state index contributed by atoms with van der Waals surface area (Å²) in [6, 6.07) is 7.14. The molecule has 1 aliphatic rings. The largest absolute Gasteiger partial charge is 0.417 e. The average molecular weight is 508 g/mol. The molecule has 1 unspecified atom stereocenters. The molecule has 2 aromatic rings. The normalized spacial score (nSPS) is 16.2. The molecule has 0 amide bonds. The summed E-state index contributed by atoms with van der Waals surface area (Å²) in [6.45, 7) is 1.61. The number of halogens is 4. The first-order valence-electron chi connectivity index (χ1n) is 8.88. The van der Waals surface area contributed by atoms with E-state index in [2.05, 4.69) is 25.5 Å². The smallest absolute Gasteiger partial charge is 0.287 e. The third-order valence-electron chi connectivity index (χ3n) is 4.49. The Hall–Kier alpha value is -2.11. The lowest BCUT2D eigenvalue weighted by molar-refractivity contribution is -0.213. The summed E-state index contributed by atoms with van der Waals surface area (Å²) in [4.78, 5) is 19.9. The van der Waals surface area contributed by atoms with Gasteiger partial charge in [-0.05, 0) is 54.3 Å². The Kier molecular flexibility index (Phi) is 6.44. The number of nitrogens with one attached hydrogen (secondary N) is 1. The minimum Gasteiger partial charge on any atom is -0.287 e. The third-order valence-corrected chi connectivity index (χ3v) is 6.56. The Balaban J connectivity index is 1.76. The molecular weight excluding hydrogens is 491 g/mol. The first-order valence-corrected chi connectivity index (χ1v) is 11.2. The third kappa shape index (κ3) is 5.13. The SMILES string of the molecule is CCC(=O)OOc1ccc2c(c1)CC(NS(=O)(=O)c1ccc(Br)cc1C(F)(F)F)C2. The number of fused-ring (bicyclic) bond motifs is 1. The van der Waals surface area contributed by atoms with Crippen molar-refractivity contribution in [1.82, 2.24) is 4.72 Å². The van der Waals surface area contributed by atoms with Crippen LogP contribution in [0.4, 0.5) is 13.2 Å². The van der Waals surface area contributed by atoms with Crippen LogP contribution in [0, 0.1) is 0 Å². The van der Waals surface area contributed by atoms with E-state index < -0.39 is 38.7 Å². The number of hydrogen-bond acceptors (Lipinski definition) is 5. The highest BCUT2D eigenvalue weighted by Crippen LogP contribution is 2.36. The van der Waals surface area contributed by atoms with Crippen LogP contribution in [0.2, 0.25) is 0 Å². The molecule has 0 fully saturated rings. The maximum Gasteiger partial charge on any atom is 0.417 e. The first-order chi connectivity index (χ1) is 14.0. The predicted octanol–water partition coefficient (Wildman–Crippen LogP) is 4.16. The van der Waals surface area contributed by atoms with Gasteiger partial charge in [0.1, 0.15) is 0 Å². The monoisotopic (exact) mass is 507 g/mol. The van der Waals surface area contributed by atoms with E-state index in [1.54, 1.807) is 25.1 Å². The number of alkyl halides is 3. The van der Waals surface area contributed by atoms with Crippen LogP contribution in [-0.4, -0.2) is 20.4 Å². The predicted molar refractivity (Wildman–Crippen MR) is 104 cm³/mol. The topological polar surface area (TPSA) is 81.7 Å². The van der Waals surface area contributed by atoms with Gasteiger partial charge < -0.3 is 0 Å². The lowest BCUT2D eigenvalue weighted by atomic mass is 10.1. The van der Waals surface area contributed by atoms with Gasteiger partial charge in [0.2, 0.25) is 10.0 Å². The van der Waals surface area contributed by atoms with E-state index in [0.717, 1.165) is 23.3 Å². The number of carbonyl (C=O) groups is 1. The standard InChI is InChI=1S/C19H17BrF3NO5S/c1-2-18(25)29-28-15-5-3-11-7-14(8-12(11)9-15)24-30(26,27)17-6-4-13(20)10-16(17)19(21,22)23/h3-6,9-10,14,24H,2,7-8H2,1H3. The summed E-state index contributed by atoms with van der Waals surface area (Å²) in [5.41, 5.74) is 0.330. The fourth-order valence-electron chi connectivity index (χ4n) is 3.12. The van der Waals surface area contributed by atoms with Gasteiger partial charge in [-0.2, -0.15) is 13.2 Å². The summed E-state index contributed by atoms with van der Waals surface area (Å²) in [5, 5.41) is 0. The van der Waals surface area contributed by atoms with Gasteiger partial charge in [-0.15, -0.1) is 0 Å².